The summed E-state index contributed by atoms with van der Waals surface area (Å²) in [5.74, 6) is 0.601. The van der Waals surface area contributed by atoms with Crippen molar-refractivity contribution in [1.29, 1.82) is 0 Å². The van der Waals surface area contributed by atoms with Gasteiger partial charge in [0.25, 0.3) is 0 Å². The predicted molar refractivity (Wildman–Crippen MR) is 62.7 cm³/mol. The molecular weight excluding hydrogens is 218 g/mol. The summed E-state index contributed by atoms with van der Waals surface area (Å²) in [5, 5.41) is 14.3. The Balaban J connectivity index is 2.20. The van der Waals surface area contributed by atoms with Gasteiger partial charge < -0.3 is 9.84 Å². The van der Waals surface area contributed by atoms with Crippen molar-refractivity contribution in [2.24, 2.45) is 7.05 Å². The molecule has 0 spiro atoms. The number of pyridine rings is 1. The van der Waals surface area contributed by atoms with E-state index in [0.717, 1.165) is 5.56 Å². The summed E-state index contributed by atoms with van der Waals surface area (Å²) in [6.45, 7) is 0. The van der Waals surface area contributed by atoms with Crippen molar-refractivity contribution in [2.45, 2.75) is 12.5 Å². The van der Waals surface area contributed by atoms with Gasteiger partial charge in [0.15, 0.2) is 5.75 Å². The first-order valence-electron chi connectivity index (χ1n) is 5.35. The molecule has 17 heavy (non-hydrogen) atoms. The van der Waals surface area contributed by atoms with Gasteiger partial charge in [-0.2, -0.15) is 5.10 Å². The van der Waals surface area contributed by atoms with E-state index in [1.807, 2.05) is 12.1 Å². The minimum atomic E-state index is -0.651. The van der Waals surface area contributed by atoms with Gasteiger partial charge in [-0.3, -0.25) is 9.67 Å². The number of rotatable bonds is 4. The van der Waals surface area contributed by atoms with Crippen LogP contribution in [0.1, 0.15) is 17.4 Å². The molecule has 1 unspecified atom stereocenters. The fraction of sp³-hybridized carbons (Fsp3) is 0.333. The summed E-state index contributed by atoms with van der Waals surface area (Å²) in [7, 11) is 3.35. The molecule has 2 aromatic rings. The topological polar surface area (TPSA) is 60.2 Å². The number of aliphatic hydroxyl groups excluding tert-OH is 1. The summed E-state index contributed by atoms with van der Waals surface area (Å²) < 4.78 is 6.79. The molecule has 5 heteroatoms. The van der Waals surface area contributed by atoms with Crippen molar-refractivity contribution < 1.29 is 9.84 Å². The fourth-order valence-electron chi connectivity index (χ4n) is 1.80. The Hall–Kier alpha value is -1.88. The molecule has 0 saturated heterocycles. The van der Waals surface area contributed by atoms with Gasteiger partial charge in [0.1, 0.15) is 11.8 Å². The molecule has 0 fully saturated rings. The molecular formula is C12H15N3O2. The second kappa shape index (κ2) is 4.97. The van der Waals surface area contributed by atoms with Crippen LogP contribution in [0.3, 0.4) is 0 Å². The largest absolute Gasteiger partial charge is 0.493 e. The van der Waals surface area contributed by atoms with Crippen LogP contribution in [0.2, 0.25) is 0 Å². The Morgan fingerprint density at radius 2 is 2.29 bits per heavy atom. The monoisotopic (exact) mass is 233 g/mol. The van der Waals surface area contributed by atoms with Crippen molar-refractivity contribution >= 4 is 0 Å². The van der Waals surface area contributed by atoms with Gasteiger partial charge in [0.05, 0.1) is 13.3 Å². The fourth-order valence-corrected chi connectivity index (χ4v) is 1.80. The lowest BCUT2D eigenvalue weighted by Gasteiger charge is -2.12. The molecule has 0 amide bonds. The highest BCUT2D eigenvalue weighted by Crippen LogP contribution is 2.26. The summed E-state index contributed by atoms with van der Waals surface area (Å²) in [6.07, 6.45) is 4.89. The minimum absolute atomic E-state index is 0.490. The van der Waals surface area contributed by atoms with Crippen LogP contribution >= 0.6 is 0 Å². The highest BCUT2D eigenvalue weighted by atomic mass is 16.5. The number of methoxy groups -OCH3 is 1. The van der Waals surface area contributed by atoms with Gasteiger partial charge in [0, 0.05) is 25.9 Å². The van der Waals surface area contributed by atoms with Gasteiger partial charge in [0.2, 0.25) is 0 Å². The highest BCUT2D eigenvalue weighted by molar-refractivity contribution is 5.28. The Morgan fingerprint density at radius 1 is 1.47 bits per heavy atom. The number of hydrogen-bond donors (Lipinski definition) is 1. The van der Waals surface area contributed by atoms with E-state index in [4.69, 9.17) is 4.74 Å². The van der Waals surface area contributed by atoms with Gasteiger partial charge in [-0.1, -0.05) is 6.07 Å². The van der Waals surface area contributed by atoms with Crippen LogP contribution in [0.4, 0.5) is 0 Å². The number of aliphatic hydroxyl groups is 1. The number of aryl methyl sites for hydroxylation is 1. The van der Waals surface area contributed by atoms with Crippen LogP contribution in [0, 0.1) is 0 Å². The first-order chi connectivity index (χ1) is 8.22. The third-order valence-corrected chi connectivity index (χ3v) is 2.64. The molecule has 0 bridgehead atoms. The molecule has 1 N–H and O–H groups in total. The molecule has 2 rings (SSSR count). The van der Waals surface area contributed by atoms with Crippen LogP contribution in [0.25, 0.3) is 0 Å². The Bertz CT molecular complexity index is 482. The quantitative estimate of drug-likeness (QED) is 0.859. The van der Waals surface area contributed by atoms with Crippen LogP contribution in [-0.4, -0.2) is 27.0 Å². The third-order valence-electron chi connectivity index (χ3n) is 2.64. The van der Waals surface area contributed by atoms with Crippen molar-refractivity contribution in [2.75, 3.05) is 7.11 Å². The first-order valence-corrected chi connectivity index (χ1v) is 5.35. The molecule has 0 aliphatic rings. The van der Waals surface area contributed by atoms with Crippen molar-refractivity contribution in [3.63, 3.8) is 0 Å². The average molecular weight is 233 g/mol. The van der Waals surface area contributed by atoms with Crippen molar-refractivity contribution in [3.8, 4) is 5.75 Å². The SMILES string of the molecule is COc1cnn(C)c1C(O)Cc1cccnc1. The zero-order valence-corrected chi connectivity index (χ0v) is 9.87. The second-order valence-electron chi connectivity index (χ2n) is 3.80. The lowest BCUT2D eigenvalue weighted by Crippen LogP contribution is -2.09. The number of aromatic nitrogens is 3. The second-order valence-corrected chi connectivity index (χ2v) is 3.80. The summed E-state index contributed by atoms with van der Waals surface area (Å²) in [5.41, 5.74) is 1.65. The summed E-state index contributed by atoms with van der Waals surface area (Å²) in [4.78, 5) is 4.02. The lowest BCUT2D eigenvalue weighted by molar-refractivity contribution is 0.164. The minimum Gasteiger partial charge on any atom is -0.493 e. The van der Waals surface area contributed by atoms with E-state index in [9.17, 15) is 5.11 Å². The summed E-state index contributed by atoms with van der Waals surface area (Å²) >= 11 is 0. The lowest BCUT2D eigenvalue weighted by atomic mass is 10.1. The van der Waals surface area contributed by atoms with E-state index in [2.05, 4.69) is 10.1 Å². The normalized spacial score (nSPS) is 12.4. The van der Waals surface area contributed by atoms with E-state index in [1.54, 1.807) is 37.4 Å². The van der Waals surface area contributed by atoms with E-state index in [0.29, 0.717) is 17.9 Å². The predicted octanol–water partition coefficient (Wildman–Crippen LogP) is 1.10. The van der Waals surface area contributed by atoms with Crippen LogP contribution in [-0.2, 0) is 13.5 Å². The first kappa shape index (κ1) is 11.6. The zero-order valence-electron chi connectivity index (χ0n) is 9.87. The maximum Gasteiger partial charge on any atom is 0.162 e. The molecule has 1 atom stereocenters. The maximum atomic E-state index is 10.2. The third kappa shape index (κ3) is 2.45. The number of ether oxygens (including phenoxy) is 1. The molecule has 0 radical (unpaired) electrons. The van der Waals surface area contributed by atoms with E-state index >= 15 is 0 Å². The molecule has 5 nitrogen and oxygen atoms in total. The Kier molecular flexibility index (Phi) is 3.39. The van der Waals surface area contributed by atoms with E-state index in [1.165, 1.54) is 0 Å². The molecule has 90 valence electrons. The van der Waals surface area contributed by atoms with Gasteiger partial charge in [-0.25, -0.2) is 0 Å². The van der Waals surface area contributed by atoms with E-state index in [-0.39, 0.29) is 0 Å². The Labute approximate surface area is 99.7 Å². The molecule has 0 aliphatic heterocycles. The Morgan fingerprint density at radius 3 is 2.94 bits per heavy atom. The highest BCUT2D eigenvalue weighted by Gasteiger charge is 2.18. The molecule has 0 aromatic carbocycles. The van der Waals surface area contributed by atoms with Gasteiger partial charge >= 0.3 is 0 Å². The van der Waals surface area contributed by atoms with Crippen LogP contribution in [0.15, 0.2) is 30.7 Å². The number of hydrogen-bond acceptors (Lipinski definition) is 4. The summed E-state index contributed by atoms with van der Waals surface area (Å²) in [6, 6.07) is 3.78. The van der Waals surface area contributed by atoms with Crippen molar-refractivity contribution in [1.82, 2.24) is 14.8 Å². The van der Waals surface area contributed by atoms with Gasteiger partial charge in [-0.15, -0.1) is 0 Å². The molecule has 0 saturated carbocycles. The molecule has 0 aliphatic carbocycles. The molecule has 2 aromatic heterocycles. The maximum absolute atomic E-state index is 10.2. The average Bonchev–Trinajstić information content (AvgIpc) is 2.71. The standard InChI is InChI=1S/C12H15N3O2/c1-15-12(11(17-2)8-14-15)10(16)6-9-4-3-5-13-7-9/h3-5,7-8,10,16H,6H2,1-2H3. The van der Waals surface area contributed by atoms with Gasteiger partial charge in [-0.05, 0) is 11.6 Å². The number of nitrogens with zero attached hydrogens (tertiary/aromatic N) is 3. The zero-order chi connectivity index (χ0) is 12.3. The van der Waals surface area contributed by atoms with Crippen LogP contribution < -0.4 is 4.74 Å². The van der Waals surface area contributed by atoms with E-state index < -0.39 is 6.10 Å². The molecule has 2 heterocycles. The van der Waals surface area contributed by atoms with Crippen molar-refractivity contribution in [3.05, 3.63) is 42.0 Å². The smallest absolute Gasteiger partial charge is 0.162 e. The van der Waals surface area contributed by atoms with Crippen LogP contribution in [0.5, 0.6) is 5.75 Å².